The van der Waals surface area contributed by atoms with Crippen LogP contribution in [0.15, 0.2) is 65.8 Å². The van der Waals surface area contributed by atoms with Crippen LogP contribution < -0.4 is 0 Å². The summed E-state index contributed by atoms with van der Waals surface area (Å²) in [5, 5.41) is 4.46. The molecule has 0 bridgehead atoms. The Morgan fingerprint density at radius 3 is 2.03 bits per heavy atom. The summed E-state index contributed by atoms with van der Waals surface area (Å²) in [6.45, 7) is 7.84. The largest absolute Gasteiger partial charge is 0.444 e. The molecule has 2 aromatic carbocycles. The van der Waals surface area contributed by atoms with Crippen LogP contribution in [0.2, 0.25) is 0 Å². The van der Waals surface area contributed by atoms with E-state index in [2.05, 4.69) is 5.16 Å². The predicted octanol–water partition coefficient (Wildman–Crippen LogP) is 5.88. The summed E-state index contributed by atoms with van der Waals surface area (Å²) < 4.78 is 5.47. The maximum atomic E-state index is 12.2. The summed E-state index contributed by atoms with van der Waals surface area (Å²) in [4.78, 5) is 19.7. The topological polar surface area (TPSA) is 51.1 Å². The van der Waals surface area contributed by atoms with E-state index < -0.39 is 5.60 Å². The molecule has 1 aliphatic rings. The number of carbonyl (C=O) groups excluding carboxylic acids is 1. The van der Waals surface area contributed by atoms with Gasteiger partial charge < -0.3 is 14.5 Å². The van der Waals surface area contributed by atoms with Crippen molar-refractivity contribution in [3.8, 4) is 0 Å². The first-order valence-electron chi connectivity index (χ1n) is 11.2. The van der Waals surface area contributed by atoms with Gasteiger partial charge in [0.1, 0.15) is 17.9 Å². The van der Waals surface area contributed by atoms with Gasteiger partial charge in [0.2, 0.25) is 0 Å². The lowest BCUT2D eigenvalue weighted by Crippen LogP contribution is -2.41. The monoisotopic (exact) mass is 422 g/mol. The van der Waals surface area contributed by atoms with Gasteiger partial charge >= 0.3 is 6.09 Å². The van der Waals surface area contributed by atoms with Gasteiger partial charge in [-0.15, -0.1) is 0 Å². The Hall–Kier alpha value is -2.82. The molecule has 0 radical (unpaired) electrons. The molecular weight excluding hydrogens is 388 g/mol. The number of oxime groups is 1. The smallest absolute Gasteiger partial charge is 0.410 e. The Balaban J connectivity index is 1.44. The second kappa shape index (κ2) is 11.0. The fourth-order valence-electron chi connectivity index (χ4n) is 3.74. The number of amides is 1. The number of hydrogen-bond donors (Lipinski definition) is 0. The van der Waals surface area contributed by atoms with Crippen LogP contribution in [0.1, 0.15) is 57.6 Å². The summed E-state index contributed by atoms with van der Waals surface area (Å²) in [7, 11) is 0. The lowest BCUT2D eigenvalue weighted by Gasteiger charge is -2.33. The van der Waals surface area contributed by atoms with Gasteiger partial charge in [0.05, 0.1) is 0 Å². The number of likely N-dealkylation sites (tertiary alicyclic amines) is 1. The molecule has 1 fully saturated rings. The number of rotatable bonds is 7. The zero-order valence-corrected chi connectivity index (χ0v) is 18.9. The van der Waals surface area contributed by atoms with E-state index in [1.54, 1.807) is 0 Å². The molecule has 166 valence electrons. The molecule has 5 heteroatoms. The molecule has 3 rings (SSSR count). The Kier molecular flexibility index (Phi) is 8.10. The zero-order valence-electron chi connectivity index (χ0n) is 18.9. The third-order valence-corrected chi connectivity index (χ3v) is 5.36. The van der Waals surface area contributed by atoms with Crippen LogP contribution in [0, 0.1) is 5.92 Å². The number of carbonyl (C=O) groups is 1. The maximum absolute atomic E-state index is 12.2. The van der Waals surface area contributed by atoms with Gasteiger partial charge in [0.25, 0.3) is 0 Å². The minimum Gasteiger partial charge on any atom is -0.444 e. The highest BCUT2D eigenvalue weighted by atomic mass is 16.6. The molecule has 2 aromatic rings. The van der Waals surface area contributed by atoms with Gasteiger partial charge in [-0.25, -0.2) is 4.79 Å². The molecule has 0 aliphatic carbocycles. The molecule has 1 aliphatic heterocycles. The van der Waals surface area contributed by atoms with E-state index in [1.165, 1.54) is 0 Å². The second-order valence-corrected chi connectivity index (χ2v) is 9.06. The average Bonchev–Trinajstić information content (AvgIpc) is 2.76. The minimum absolute atomic E-state index is 0.196. The first kappa shape index (κ1) is 22.9. The van der Waals surface area contributed by atoms with Crippen molar-refractivity contribution in [2.24, 2.45) is 11.1 Å². The molecule has 31 heavy (non-hydrogen) atoms. The van der Waals surface area contributed by atoms with Crippen LogP contribution in [-0.2, 0) is 9.57 Å². The van der Waals surface area contributed by atoms with E-state index in [4.69, 9.17) is 9.57 Å². The number of nitrogens with zero attached hydrogens (tertiary/aromatic N) is 2. The number of hydrogen-bond acceptors (Lipinski definition) is 4. The Bertz CT molecular complexity index is 794. The van der Waals surface area contributed by atoms with Crippen molar-refractivity contribution in [2.75, 3.05) is 19.7 Å². The molecule has 0 atom stereocenters. The Morgan fingerprint density at radius 1 is 0.968 bits per heavy atom. The van der Waals surface area contributed by atoms with E-state index in [0.717, 1.165) is 55.6 Å². The van der Waals surface area contributed by atoms with E-state index in [1.807, 2.05) is 86.3 Å². The number of benzene rings is 2. The van der Waals surface area contributed by atoms with Crippen LogP contribution in [0.4, 0.5) is 4.79 Å². The summed E-state index contributed by atoms with van der Waals surface area (Å²) in [5.41, 5.74) is 2.50. The second-order valence-electron chi connectivity index (χ2n) is 9.06. The SMILES string of the molecule is CC(C)(C)OC(=O)N1CCC(CCCON=C(c2ccccc2)c2ccccc2)CC1. The Labute approximate surface area is 186 Å². The molecule has 0 unspecified atom stereocenters. The lowest BCUT2D eigenvalue weighted by atomic mass is 9.92. The lowest BCUT2D eigenvalue weighted by molar-refractivity contribution is 0.0177. The third-order valence-electron chi connectivity index (χ3n) is 5.36. The Morgan fingerprint density at radius 2 is 1.52 bits per heavy atom. The van der Waals surface area contributed by atoms with Crippen LogP contribution in [0.25, 0.3) is 0 Å². The van der Waals surface area contributed by atoms with Crippen molar-refractivity contribution in [2.45, 2.75) is 52.1 Å². The average molecular weight is 423 g/mol. The highest BCUT2D eigenvalue weighted by Gasteiger charge is 2.26. The van der Waals surface area contributed by atoms with Gasteiger partial charge in [0.15, 0.2) is 0 Å². The first-order valence-corrected chi connectivity index (χ1v) is 11.2. The van der Waals surface area contributed by atoms with Gasteiger partial charge in [-0.1, -0.05) is 65.8 Å². The third kappa shape index (κ3) is 7.42. The van der Waals surface area contributed by atoms with Crippen molar-refractivity contribution >= 4 is 11.8 Å². The molecule has 0 spiro atoms. The summed E-state index contributed by atoms with van der Waals surface area (Å²) >= 11 is 0. The van der Waals surface area contributed by atoms with Gasteiger partial charge in [-0.3, -0.25) is 0 Å². The molecule has 5 nitrogen and oxygen atoms in total. The first-order chi connectivity index (χ1) is 14.9. The fraction of sp³-hybridized carbons (Fsp3) is 0.462. The highest BCUT2D eigenvalue weighted by molar-refractivity contribution is 6.12. The van der Waals surface area contributed by atoms with Crippen molar-refractivity contribution in [3.05, 3.63) is 71.8 Å². The van der Waals surface area contributed by atoms with Crippen LogP contribution in [0.3, 0.4) is 0 Å². The van der Waals surface area contributed by atoms with Gasteiger partial charge in [-0.05, 0) is 52.4 Å². The van der Waals surface area contributed by atoms with Crippen LogP contribution in [0.5, 0.6) is 0 Å². The molecule has 0 aromatic heterocycles. The van der Waals surface area contributed by atoms with Crippen molar-refractivity contribution in [1.82, 2.24) is 4.90 Å². The van der Waals surface area contributed by atoms with E-state index >= 15 is 0 Å². The van der Waals surface area contributed by atoms with Crippen molar-refractivity contribution in [1.29, 1.82) is 0 Å². The van der Waals surface area contributed by atoms with Gasteiger partial charge in [-0.2, -0.15) is 0 Å². The molecule has 1 amide bonds. The minimum atomic E-state index is -0.440. The van der Waals surface area contributed by atoms with E-state index in [9.17, 15) is 4.79 Å². The van der Waals surface area contributed by atoms with Gasteiger partial charge in [0, 0.05) is 24.2 Å². The normalized spacial score (nSPS) is 14.7. The maximum Gasteiger partial charge on any atom is 0.410 e. The van der Waals surface area contributed by atoms with Crippen molar-refractivity contribution in [3.63, 3.8) is 0 Å². The highest BCUT2D eigenvalue weighted by Crippen LogP contribution is 2.23. The summed E-state index contributed by atoms with van der Waals surface area (Å²) in [5.74, 6) is 0.619. The fourth-order valence-corrected chi connectivity index (χ4v) is 3.74. The van der Waals surface area contributed by atoms with E-state index in [-0.39, 0.29) is 6.09 Å². The standard InChI is InChI=1S/C26H34N2O3/c1-26(2,3)31-25(29)28-18-16-21(17-19-28)11-10-20-30-27-24(22-12-6-4-7-13-22)23-14-8-5-9-15-23/h4-9,12-15,21H,10-11,16-20H2,1-3H3. The molecule has 1 saturated heterocycles. The molecular formula is C26H34N2O3. The van der Waals surface area contributed by atoms with Crippen LogP contribution in [-0.4, -0.2) is 42.0 Å². The zero-order chi connectivity index (χ0) is 22.1. The summed E-state index contributed by atoms with van der Waals surface area (Å²) in [6.07, 6.45) is 3.88. The summed E-state index contributed by atoms with van der Waals surface area (Å²) in [6, 6.07) is 20.2. The van der Waals surface area contributed by atoms with Crippen molar-refractivity contribution < 1.29 is 14.4 Å². The van der Waals surface area contributed by atoms with Crippen LogP contribution >= 0.6 is 0 Å². The molecule has 0 N–H and O–H groups in total. The van der Waals surface area contributed by atoms with E-state index in [0.29, 0.717) is 12.5 Å². The predicted molar refractivity (Wildman–Crippen MR) is 124 cm³/mol. The molecule has 1 heterocycles. The number of piperidine rings is 1. The number of ether oxygens (including phenoxy) is 1. The quantitative estimate of drug-likeness (QED) is 0.318. The molecule has 0 saturated carbocycles.